The van der Waals surface area contributed by atoms with Gasteiger partial charge in [-0.25, -0.2) is 26.6 Å². The molecule has 8 nitrogen and oxygen atoms in total. The molecule has 1 aromatic carbocycles. The molecule has 0 aliphatic heterocycles. The lowest BCUT2D eigenvalue weighted by Crippen LogP contribution is -2.30. The van der Waals surface area contributed by atoms with Crippen LogP contribution in [0.25, 0.3) is 5.82 Å². The summed E-state index contributed by atoms with van der Waals surface area (Å²) in [5.41, 5.74) is 1.58. The first-order valence-electron chi connectivity index (χ1n) is 8.76. The molecule has 0 fully saturated rings. The Labute approximate surface area is 167 Å². The molecule has 0 unspecified atom stereocenters. The molecule has 0 saturated heterocycles. The smallest absolute Gasteiger partial charge is 0.215 e. The van der Waals surface area contributed by atoms with Crippen LogP contribution in [0, 0.1) is 25.5 Å². The van der Waals surface area contributed by atoms with Gasteiger partial charge in [-0.2, -0.15) is 5.10 Å². The van der Waals surface area contributed by atoms with Crippen LogP contribution in [0.15, 0.2) is 36.4 Å². The van der Waals surface area contributed by atoms with Gasteiger partial charge in [0.2, 0.25) is 10.0 Å². The van der Waals surface area contributed by atoms with Crippen molar-refractivity contribution < 1.29 is 17.2 Å². The molecule has 154 valence electrons. The fourth-order valence-corrected chi connectivity index (χ4v) is 3.85. The molecule has 2 aromatic heterocycles. The van der Waals surface area contributed by atoms with Crippen LogP contribution in [0.1, 0.15) is 17.0 Å². The minimum Gasteiger partial charge on any atom is -0.367 e. The quantitative estimate of drug-likeness (QED) is 0.539. The van der Waals surface area contributed by atoms with Crippen LogP contribution >= 0.6 is 0 Å². The van der Waals surface area contributed by atoms with E-state index in [9.17, 15) is 17.2 Å². The van der Waals surface area contributed by atoms with Crippen molar-refractivity contribution in [2.45, 2.75) is 19.6 Å². The maximum absolute atomic E-state index is 13.6. The van der Waals surface area contributed by atoms with E-state index in [1.807, 2.05) is 19.9 Å². The van der Waals surface area contributed by atoms with E-state index in [4.69, 9.17) is 0 Å². The molecule has 3 rings (SSSR count). The highest BCUT2D eigenvalue weighted by atomic mass is 32.2. The van der Waals surface area contributed by atoms with E-state index in [0.29, 0.717) is 11.6 Å². The summed E-state index contributed by atoms with van der Waals surface area (Å²) in [5, 5.41) is 15.4. The molecule has 0 aliphatic rings. The molecule has 0 saturated carbocycles. The summed E-state index contributed by atoms with van der Waals surface area (Å²) in [6.07, 6.45) is 0. The second-order valence-corrected chi connectivity index (χ2v) is 8.24. The number of rotatable bonds is 8. The van der Waals surface area contributed by atoms with Crippen LogP contribution in [0.4, 0.5) is 14.6 Å². The molecule has 2 heterocycles. The highest BCUT2D eigenvalue weighted by Gasteiger charge is 2.15. The average Bonchev–Trinajstić information content (AvgIpc) is 3.00. The van der Waals surface area contributed by atoms with Gasteiger partial charge in [0, 0.05) is 24.3 Å². The highest BCUT2D eigenvalue weighted by Crippen LogP contribution is 2.13. The third-order valence-electron chi connectivity index (χ3n) is 3.98. The number of aryl methyl sites for hydroxylation is 2. The standard InChI is InChI=1S/C18H20F2N6O2S/c1-12-9-13(2)26(25-12)18-6-5-17(23-24-18)21-7-8-22-29(27,28)11-14-10-15(19)3-4-16(14)20/h3-6,9-10,22H,7-8,11H2,1-2H3,(H,21,23). The summed E-state index contributed by atoms with van der Waals surface area (Å²) in [5.74, 6) is -1.08. The summed E-state index contributed by atoms with van der Waals surface area (Å²) in [4.78, 5) is 0. The van der Waals surface area contributed by atoms with Gasteiger partial charge in [-0.1, -0.05) is 0 Å². The summed E-state index contributed by atoms with van der Waals surface area (Å²) in [6.45, 7) is 4.07. The van der Waals surface area contributed by atoms with Crippen LogP contribution in [-0.4, -0.2) is 41.5 Å². The van der Waals surface area contributed by atoms with Crippen molar-refractivity contribution in [3.8, 4) is 5.82 Å². The normalized spacial score (nSPS) is 11.6. The third kappa shape index (κ3) is 5.55. The number of halogens is 2. The fraction of sp³-hybridized carbons (Fsp3) is 0.278. The van der Waals surface area contributed by atoms with E-state index in [2.05, 4.69) is 25.3 Å². The third-order valence-corrected chi connectivity index (χ3v) is 5.32. The molecule has 11 heteroatoms. The largest absolute Gasteiger partial charge is 0.367 e. The molecule has 2 N–H and O–H groups in total. The summed E-state index contributed by atoms with van der Waals surface area (Å²) in [6, 6.07) is 8.07. The SMILES string of the molecule is Cc1cc(C)n(-c2ccc(NCCNS(=O)(=O)Cc3cc(F)ccc3F)nn2)n1. The number of nitrogens with one attached hydrogen (secondary N) is 2. The Kier molecular flexibility index (Phi) is 6.18. The van der Waals surface area contributed by atoms with Crippen molar-refractivity contribution in [1.29, 1.82) is 0 Å². The highest BCUT2D eigenvalue weighted by molar-refractivity contribution is 7.88. The minimum atomic E-state index is -3.82. The van der Waals surface area contributed by atoms with Gasteiger partial charge in [-0.3, -0.25) is 0 Å². The number of hydrogen-bond acceptors (Lipinski definition) is 6. The zero-order valence-electron chi connectivity index (χ0n) is 15.9. The topological polar surface area (TPSA) is 102 Å². The summed E-state index contributed by atoms with van der Waals surface area (Å²) >= 11 is 0. The van der Waals surface area contributed by atoms with Crippen molar-refractivity contribution >= 4 is 15.8 Å². The molecule has 0 aliphatic carbocycles. The fourth-order valence-electron chi connectivity index (χ4n) is 2.70. The number of sulfonamides is 1. The van der Waals surface area contributed by atoms with Gasteiger partial charge in [-0.15, -0.1) is 10.2 Å². The average molecular weight is 422 g/mol. The Hall–Kier alpha value is -2.92. The zero-order chi connectivity index (χ0) is 21.0. The monoisotopic (exact) mass is 422 g/mol. The van der Waals surface area contributed by atoms with Crippen molar-refractivity contribution in [1.82, 2.24) is 24.7 Å². The molecule has 29 heavy (non-hydrogen) atoms. The van der Waals surface area contributed by atoms with Gasteiger partial charge in [0.1, 0.15) is 17.5 Å². The Balaban J connectivity index is 1.51. The van der Waals surface area contributed by atoms with Gasteiger partial charge in [0.05, 0.1) is 11.4 Å². The van der Waals surface area contributed by atoms with Crippen molar-refractivity contribution in [2.24, 2.45) is 0 Å². The van der Waals surface area contributed by atoms with Gasteiger partial charge in [0.15, 0.2) is 5.82 Å². The lowest BCUT2D eigenvalue weighted by molar-refractivity contribution is 0.571. The lowest BCUT2D eigenvalue weighted by Gasteiger charge is -2.09. The maximum Gasteiger partial charge on any atom is 0.215 e. The Bertz CT molecular complexity index is 1100. The second-order valence-electron chi connectivity index (χ2n) is 6.43. The molecule has 3 aromatic rings. The number of anilines is 1. The van der Waals surface area contributed by atoms with E-state index in [0.717, 1.165) is 29.6 Å². The maximum atomic E-state index is 13.6. The van der Waals surface area contributed by atoms with Gasteiger partial charge in [-0.05, 0) is 50.2 Å². The first-order chi connectivity index (χ1) is 13.7. The molecule has 0 spiro atoms. The van der Waals surface area contributed by atoms with E-state index in [-0.39, 0.29) is 18.7 Å². The van der Waals surface area contributed by atoms with E-state index >= 15 is 0 Å². The molecule has 0 bridgehead atoms. The summed E-state index contributed by atoms with van der Waals surface area (Å²) < 4.78 is 54.9. The van der Waals surface area contributed by atoms with E-state index < -0.39 is 27.4 Å². The number of benzene rings is 1. The van der Waals surface area contributed by atoms with Crippen LogP contribution in [-0.2, 0) is 15.8 Å². The Morgan fingerprint density at radius 2 is 1.83 bits per heavy atom. The number of aromatic nitrogens is 4. The van der Waals surface area contributed by atoms with Crippen molar-refractivity contribution in [2.75, 3.05) is 18.4 Å². The lowest BCUT2D eigenvalue weighted by atomic mass is 10.2. The molecule has 0 amide bonds. The number of nitrogens with zero attached hydrogens (tertiary/aromatic N) is 4. The van der Waals surface area contributed by atoms with Gasteiger partial charge >= 0.3 is 0 Å². The molecular formula is C18H20F2N6O2S. The first-order valence-corrected chi connectivity index (χ1v) is 10.4. The molecular weight excluding hydrogens is 402 g/mol. The molecule has 0 radical (unpaired) electrons. The second kappa shape index (κ2) is 8.62. The Morgan fingerprint density at radius 1 is 1.03 bits per heavy atom. The van der Waals surface area contributed by atoms with Gasteiger partial charge < -0.3 is 5.32 Å². The predicted molar refractivity (Wildman–Crippen MR) is 104 cm³/mol. The van der Waals surface area contributed by atoms with Crippen LogP contribution in [0.2, 0.25) is 0 Å². The predicted octanol–water partition coefficient (Wildman–Crippen LogP) is 2.09. The van der Waals surface area contributed by atoms with Crippen molar-refractivity contribution in [3.05, 3.63) is 65.0 Å². The molecule has 0 atom stereocenters. The zero-order valence-corrected chi connectivity index (χ0v) is 16.7. The van der Waals surface area contributed by atoms with Crippen molar-refractivity contribution in [3.63, 3.8) is 0 Å². The van der Waals surface area contributed by atoms with E-state index in [1.165, 1.54) is 0 Å². The Morgan fingerprint density at radius 3 is 2.48 bits per heavy atom. The van der Waals surface area contributed by atoms with Crippen LogP contribution in [0.5, 0.6) is 0 Å². The van der Waals surface area contributed by atoms with E-state index in [1.54, 1.807) is 16.8 Å². The minimum absolute atomic E-state index is 0.0418. The first kappa shape index (κ1) is 20.8. The van der Waals surface area contributed by atoms with Crippen LogP contribution in [0.3, 0.4) is 0 Å². The van der Waals surface area contributed by atoms with Crippen LogP contribution < -0.4 is 10.0 Å². The van der Waals surface area contributed by atoms with Gasteiger partial charge in [0.25, 0.3) is 0 Å². The summed E-state index contributed by atoms with van der Waals surface area (Å²) in [7, 11) is -3.82. The number of hydrogen-bond donors (Lipinski definition) is 2.